The van der Waals surface area contributed by atoms with Crippen molar-refractivity contribution in [2.24, 2.45) is 0 Å². The first-order valence-electron chi connectivity index (χ1n) is 7.58. The Kier molecular flexibility index (Phi) is 7.17. The Labute approximate surface area is 161 Å². The molecule has 25 heavy (non-hydrogen) atoms. The molecule has 0 aromatic heterocycles. The van der Waals surface area contributed by atoms with Gasteiger partial charge in [-0.15, -0.1) is 11.8 Å². The molecule has 0 saturated heterocycles. The van der Waals surface area contributed by atoms with Gasteiger partial charge in [-0.25, -0.2) is 0 Å². The zero-order chi connectivity index (χ0) is 18.4. The smallest absolute Gasteiger partial charge is 0.237 e. The summed E-state index contributed by atoms with van der Waals surface area (Å²) >= 11 is 13.1. The summed E-state index contributed by atoms with van der Waals surface area (Å²) < 4.78 is 0. The van der Waals surface area contributed by atoms with Crippen LogP contribution in [0.15, 0.2) is 42.5 Å². The molecule has 0 heterocycles. The van der Waals surface area contributed by atoms with Crippen molar-refractivity contribution < 1.29 is 9.59 Å². The highest BCUT2D eigenvalue weighted by Crippen LogP contribution is 2.23. The van der Waals surface area contributed by atoms with Gasteiger partial charge in [0.05, 0.1) is 11.0 Å². The SMILES string of the molecule is Cc1cccc(NC(=O)CS[C@H](C)C(=O)Nc2cc(Cl)cc(Cl)c2)c1. The topological polar surface area (TPSA) is 58.2 Å². The number of amides is 2. The number of hydrogen-bond acceptors (Lipinski definition) is 3. The lowest BCUT2D eigenvalue weighted by molar-refractivity contribution is -0.115. The average molecular weight is 397 g/mol. The quantitative estimate of drug-likeness (QED) is 0.721. The van der Waals surface area contributed by atoms with E-state index in [1.165, 1.54) is 11.8 Å². The van der Waals surface area contributed by atoms with Gasteiger partial charge in [-0.3, -0.25) is 9.59 Å². The van der Waals surface area contributed by atoms with E-state index in [0.29, 0.717) is 15.7 Å². The minimum Gasteiger partial charge on any atom is -0.325 e. The molecule has 2 rings (SSSR count). The largest absolute Gasteiger partial charge is 0.325 e. The maximum atomic E-state index is 12.2. The zero-order valence-corrected chi connectivity index (χ0v) is 16.1. The molecule has 1 atom stereocenters. The molecule has 0 fully saturated rings. The highest BCUT2D eigenvalue weighted by Gasteiger charge is 2.16. The molecular formula is C18H18Cl2N2O2S. The fraction of sp³-hybridized carbons (Fsp3) is 0.222. The predicted octanol–water partition coefficient (Wildman–Crippen LogP) is 5.00. The van der Waals surface area contributed by atoms with E-state index in [9.17, 15) is 9.59 Å². The first-order valence-corrected chi connectivity index (χ1v) is 9.39. The Morgan fingerprint density at radius 2 is 1.72 bits per heavy atom. The van der Waals surface area contributed by atoms with Crippen LogP contribution in [0.5, 0.6) is 0 Å². The molecule has 0 saturated carbocycles. The molecule has 2 N–H and O–H groups in total. The highest BCUT2D eigenvalue weighted by molar-refractivity contribution is 8.01. The molecule has 7 heteroatoms. The summed E-state index contributed by atoms with van der Waals surface area (Å²) in [6.07, 6.45) is 0. The van der Waals surface area contributed by atoms with Crippen LogP contribution >= 0.6 is 35.0 Å². The van der Waals surface area contributed by atoms with Crippen molar-refractivity contribution in [1.82, 2.24) is 0 Å². The molecule has 4 nitrogen and oxygen atoms in total. The van der Waals surface area contributed by atoms with Gasteiger partial charge in [-0.2, -0.15) is 0 Å². The summed E-state index contributed by atoms with van der Waals surface area (Å²) in [6.45, 7) is 3.70. The van der Waals surface area contributed by atoms with Crippen LogP contribution in [0, 0.1) is 6.92 Å². The van der Waals surface area contributed by atoms with Crippen molar-refractivity contribution in [3.05, 3.63) is 58.1 Å². The number of anilines is 2. The first kappa shape index (κ1) is 19.6. The standard InChI is InChI=1S/C18H18Cl2N2O2S/c1-11-4-3-5-15(6-11)21-17(23)10-25-12(2)18(24)22-16-8-13(19)7-14(20)9-16/h3-9,12H,10H2,1-2H3,(H,21,23)(H,22,24)/t12-/m1/s1. The van der Waals surface area contributed by atoms with Gasteiger partial charge in [-0.05, 0) is 49.7 Å². The van der Waals surface area contributed by atoms with Crippen LogP contribution in [0.2, 0.25) is 10.0 Å². The number of hydrogen-bond donors (Lipinski definition) is 2. The fourth-order valence-corrected chi connectivity index (χ4v) is 3.28. The molecule has 0 aliphatic rings. The number of benzene rings is 2. The van der Waals surface area contributed by atoms with Crippen LogP contribution < -0.4 is 10.6 Å². The molecule has 0 radical (unpaired) electrons. The van der Waals surface area contributed by atoms with E-state index in [0.717, 1.165) is 11.3 Å². The van der Waals surface area contributed by atoms with Gasteiger partial charge >= 0.3 is 0 Å². The Morgan fingerprint density at radius 3 is 2.36 bits per heavy atom. The van der Waals surface area contributed by atoms with Crippen molar-refractivity contribution in [2.75, 3.05) is 16.4 Å². The van der Waals surface area contributed by atoms with Crippen LogP contribution in [0.4, 0.5) is 11.4 Å². The van der Waals surface area contributed by atoms with E-state index >= 15 is 0 Å². The first-order chi connectivity index (χ1) is 11.8. The molecular weight excluding hydrogens is 379 g/mol. The van der Waals surface area contributed by atoms with Gasteiger partial charge in [0, 0.05) is 21.4 Å². The highest BCUT2D eigenvalue weighted by atomic mass is 35.5. The van der Waals surface area contributed by atoms with E-state index in [1.807, 2.05) is 31.2 Å². The summed E-state index contributed by atoms with van der Waals surface area (Å²) in [6, 6.07) is 12.4. The molecule has 0 aliphatic heterocycles. The third-order valence-electron chi connectivity index (χ3n) is 3.27. The molecule has 0 spiro atoms. The lowest BCUT2D eigenvalue weighted by Gasteiger charge is -2.13. The lowest BCUT2D eigenvalue weighted by atomic mass is 10.2. The van der Waals surface area contributed by atoms with E-state index in [4.69, 9.17) is 23.2 Å². The van der Waals surface area contributed by atoms with Gasteiger partial charge in [0.1, 0.15) is 0 Å². The fourth-order valence-electron chi connectivity index (χ4n) is 2.07. The van der Waals surface area contributed by atoms with E-state index in [2.05, 4.69) is 10.6 Å². The molecule has 0 bridgehead atoms. The Balaban J connectivity index is 1.83. The van der Waals surface area contributed by atoms with Gasteiger partial charge in [0.25, 0.3) is 0 Å². The number of carbonyl (C=O) groups is 2. The molecule has 0 aliphatic carbocycles. The van der Waals surface area contributed by atoms with Crippen molar-refractivity contribution in [1.29, 1.82) is 0 Å². The number of carbonyl (C=O) groups excluding carboxylic acids is 2. The normalized spacial score (nSPS) is 11.7. The van der Waals surface area contributed by atoms with Gasteiger partial charge in [0.2, 0.25) is 11.8 Å². The second-order valence-corrected chi connectivity index (χ2v) is 7.72. The van der Waals surface area contributed by atoms with Crippen LogP contribution in [-0.4, -0.2) is 22.8 Å². The van der Waals surface area contributed by atoms with Crippen LogP contribution in [0.25, 0.3) is 0 Å². The minimum atomic E-state index is -0.402. The maximum absolute atomic E-state index is 12.2. The Bertz CT molecular complexity index is 763. The second kappa shape index (κ2) is 9.13. The number of aryl methyl sites for hydroxylation is 1. The summed E-state index contributed by atoms with van der Waals surface area (Å²) in [7, 11) is 0. The average Bonchev–Trinajstić information content (AvgIpc) is 2.51. The van der Waals surface area contributed by atoms with E-state index in [1.54, 1.807) is 25.1 Å². The number of thioether (sulfide) groups is 1. The summed E-state index contributed by atoms with van der Waals surface area (Å²) in [4.78, 5) is 24.2. The Morgan fingerprint density at radius 1 is 1.04 bits per heavy atom. The van der Waals surface area contributed by atoms with Gasteiger partial charge < -0.3 is 10.6 Å². The number of nitrogens with one attached hydrogen (secondary N) is 2. The van der Waals surface area contributed by atoms with Crippen molar-refractivity contribution in [3.8, 4) is 0 Å². The van der Waals surface area contributed by atoms with Gasteiger partial charge in [-0.1, -0.05) is 35.3 Å². The number of halogens is 2. The number of rotatable bonds is 6. The van der Waals surface area contributed by atoms with Crippen molar-refractivity contribution >= 4 is 58.2 Å². The second-order valence-electron chi connectivity index (χ2n) is 5.52. The summed E-state index contributed by atoms with van der Waals surface area (Å²) in [5.74, 6) is -0.188. The van der Waals surface area contributed by atoms with Crippen LogP contribution in [0.3, 0.4) is 0 Å². The van der Waals surface area contributed by atoms with Crippen LogP contribution in [-0.2, 0) is 9.59 Å². The summed E-state index contributed by atoms with van der Waals surface area (Å²) in [5.41, 5.74) is 2.34. The zero-order valence-electron chi connectivity index (χ0n) is 13.8. The molecule has 0 unspecified atom stereocenters. The van der Waals surface area contributed by atoms with Crippen LogP contribution in [0.1, 0.15) is 12.5 Å². The molecule has 2 amide bonds. The lowest BCUT2D eigenvalue weighted by Crippen LogP contribution is -2.25. The summed E-state index contributed by atoms with van der Waals surface area (Å²) in [5, 5.41) is 6.05. The molecule has 132 valence electrons. The van der Waals surface area contributed by atoms with E-state index in [-0.39, 0.29) is 17.6 Å². The Hall–Kier alpha value is -1.69. The predicted molar refractivity (Wildman–Crippen MR) is 107 cm³/mol. The molecule has 2 aromatic rings. The third-order valence-corrected chi connectivity index (χ3v) is 4.84. The van der Waals surface area contributed by atoms with Crippen molar-refractivity contribution in [3.63, 3.8) is 0 Å². The third kappa shape index (κ3) is 6.61. The minimum absolute atomic E-state index is 0.152. The monoisotopic (exact) mass is 396 g/mol. The van der Waals surface area contributed by atoms with E-state index < -0.39 is 5.25 Å². The maximum Gasteiger partial charge on any atom is 0.237 e. The van der Waals surface area contributed by atoms with Gasteiger partial charge in [0.15, 0.2) is 0 Å². The molecule has 2 aromatic carbocycles. The van der Waals surface area contributed by atoms with Crippen molar-refractivity contribution in [2.45, 2.75) is 19.1 Å².